The van der Waals surface area contributed by atoms with E-state index in [4.69, 9.17) is 23.9 Å². The fourth-order valence-corrected chi connectivity index (χ4v) is 5.05. The smallest absolute Gasteiger partial charge is 0.233 e. The second kappa shape index (κ2) is 11.2. The summed E-state index contributed by atoms with van der Waals surface area (Å²) in [4.78, 5) is 22.4. The molecule has 0 atom stereocenters. The van der Waals surface area contributed by atoms with E-state index in [1.165, 1.54) is 11.3 Å². The standard InChI is InChI=1S/C24H27N3O5S.ClH/c1-29-18-4-6-22-19(15-18)25-24(33-22)27(8-2-7-26-9-11-30-12-10-26)23(28)14-17-3-5-20-21(13-17)32-16-31-20;/h3-6,13,15H,2,7-12,14,16H2,1H3;1H. The van der Waals surface area contributed by atoms with Crippen LogP contribution in [0.2, 0.25) is 0 Å². The molecule has 0 aliphatic carbocycles. The van der Waals surface area contributed by atoms with Gasteiger partial charge in [-0.15, -0.1) is 12.4 Å². The van der Waals surface area contributed by atoms with Gasteiger partial charge in [0.05, 0.1) is 37.0 Å². The lowest BCUT2D eigenvalue weighted by atomic mass is 10.1. The first-order chi connectivity index (χ1) is 16.2. The Balaban J connectivity index is 0.00000274. The number of amides is 1. The van der Waals surface area contributed by atoms with Gasteiger partial charge in [0.25, 0.3) is 0 Å². The van der Waals surface area contributed by atoms with Gasteiger partial charge in [0.2, 0.25) is 12.7 Å². The van der Waals surface area contributed by atoms with Crippen LogP contribution >= 0.6 is 23.7 Å². The number of carbonyl (C=O) groups excluding carboxylic acids is 1. The van der Waals surface area contributed by atoms with Gasteiger partial charge in [-0.1, -0.05) is 17.4 Å². The Morgan fingerprint density at radius 2 is 1.97 bits per heavy atom. The lowest BCUT2D eigenvalue weighted by Crippen LogP contribution is -2.39. The van der Waals surface area contributed by atoms with Crippen LogP contribution in [0.15, 0.2) is 36.4 Å². The van der Waals surface area contributed by atoms with E-state index in [2.05, 4.69) is 4.90 Å². The number of anilines is 1. The summed E-state index contributed by atoms with van der Waals surface area (Å²) in [5.74, 6) is 2.17. The second-order valence-corrected chi connectivity index (χ2v) is 9.06. The monoisotopic (exact) mass is 505 g/mol. The zero-order valence-electron chi connectivity index (χ0n) is 19.0. The fraction of sp³-hybridized carbons (Fsp3) is 0.417. The third-order valence-corrected chi connectivity index (χ3v) is 6.93. The van der Waals surface area contributed by atoms with Crippen LogP contribution in [0.3, 0.4) is 0 Å². The molecular weight excluding hydrogens is 478 g/mol. The number of benzene rings is 2. The second-order valence-electron chi connectivity index (χ2n) is 8.05. The Morgan fingerprint density at radius 1 is 1.15 bits per heavy atom. The SMILES string of the molecule is COc1ccc2sc(N(CCCN3CCOCC3)C(=O)Cc3ccc4c(c3)OCO4)nc2c1.Cl. The summed E-state index contributed by atoms with van der Waals surface area (Å²) in [6.07, 6.45) is 1.14. The van der Waals surface area contributed by atoms with Gasteiger partial charge in [-0.05, 0) is 36.2 Å². The molecule has 5 rings (SSSR count). The van der Waals surface area contributed by atoms with Crippen LogP contribution in [0.4, 0.5) is 5.13 Å². The third-order valence-electron chi connectivity index (χ3n) is 5.87. The molecule has 0 bridgehead atoms. The molecule has 0 N–H and O–H groups in total. The topological polar surface area (TPSA) is 73.4 Å². The fourth-order valence-electron chi connectivity index (χ4n) is 4.06. The summed E-state index contributed by atoms with van der Waals surface area (Å²) < 4.78 is 22.7. The molecule has 0 saturated carbocycles. The van der Waals surface area contributed by atoms with Gasteiger partial charge in [-0.25, -0.2) is 4.98 Å². The number of hydrogen-bond acceptors (Lipinski definition) is 8. The van der Waals surface area contributed by atoms with Crippen molar-refractivity contribution in [1.29, 1.82) is 0 Å². The highest BCUT2D eigenvalue weighted by molar-refractivity contribution is 7.22. The molecule has 0 radical (unpaired) electrons. The molecule has 3 heterocycles. The molecule has 1 amide bonds. The predicted molar refractivity (Wildman–Crippen MR) is 134 cm³/mol. The van der Waals surface area contributed by atoms with Crippen molar-refractivity contribution >= 4 is 45.0 Å². The lowest BCUT2D eigenvalue weighted by molar-refractivity contribution is -0.118. The quantitative estimate of drug-likeness (QED) is 0.461. The number of aromatic nitrogens is 1. The number of ether oxygens (including phenoxy) is 4. The summed E-state index contributed by atoms with van der Waals surface area (Å²) >= 11 is 1.53. The van der Waals surface area contributed by atoms with E-state index in [0.29, 0.717) is 23.2 Å². The average Bonchev–Trinajstić information content (AvgIpc) is 3.48. The zero-order valence-corrected chi connectivity index (χ0v) is 20.7. The molecule has 10 heteroatoms. The maximum atomic E-state index is 13.5. The number of carbonyl (C=O) groups is 1. The van der Waals surface area contributed by atoms with Crippen LogP contribution in [-0.2, 0) is 16.0 Å². The van der Waals surface area contributed by atoms with Crippen LogP contribution in [-0.4, -0.2) is 69.1 Å². The van der Waals surface area contributed by atoms with E-state index in [9.17, 15) is 4.79 Å². The van der Waals surface area contributed by atoms with Crippen molar-refractivity contribution < 1.29 is 23.7 Å². The highest BCUT2D eigenvalue weighted by Crippen LogP contribution is 2.34. The Hall–Kier alpha value is -2.59. The van der Waals surface area contributed by atoms with Gasteiger partial charge in [-0.2, -0.15) is 0 Å². The molecule has 1 saturated heterocycles. The van der Waals surface area contributed by atoms with Crippen LogP contribution < -0.4 is 19.1 Å². The van der Waals surface area contributed by atoms with Gasteiger partial charge < -0.3 is 18.9 Å². The van der Waals surface area contributed by atoms with Crippen LogP contribution in [0.1, 0.15) is 12.0 Å². The number of thiazole rings is 1. The third kappa shape index (κ3) is 5.55. The highest BCUT2D eigenvalue weighted by Gasteiger charge is 2.22. The van der Waals surface area contributed by atoms with Crippen molar-refractivity contribution in [2.24, 2.45) is 0 Å². The summed E-state index contributed by atoms with van der Waals surface area (Å²) in [5.41, 5.74) is 1.73. The minimum absolute atomic E-state index is 0. The number of morpholine rings is 1. The van der Waals surface area contributed by atoms with Crippen molar-refractivity contribution in [2.45, 2.75) is 12.8 Å². The van der Waals surface area contributed by atoms with E-state index >= 15 is 0 Å². The first-order valence-corrected chi connectivity index (χ1v) is 11.9. The van der Waals surface area contributed by atoms with E-state index in [1.54, 1.807) is 7.11 Å². The maximum Gasteiger partial charge on any atom is 0.233 e. The van der Waals surface area contributed by atoms with Crippen molar-refractivity contribution in [3.8, 4) is 17.2 Å². The Morgan fingerprint density at radius 3 is 2.79 bits per heavy atom. The summed E-state index contributed by atoms with van der Waals surface area (Å²) in [5, 5.41) is 0.714. The number of nitrogens with zero attached hydrogens (tertiary/aromatic N) is 3. The van der Waals surface area contributed by atoms with E-state index < -0.39 is 0 Å². The number of halogens is 1. The molecule has 8 nitrogen and oxygen atoms in total. The molecule has 0 spiro atoms. The van der Waals surface area contributed by atoms with Gasteiger partial charge in [0.15, 0.2) is 16.6 Å². The highest BCUT2D eigenvalue weighted by atomic mass is 35.5. The molecular formula is C24H28ClN3O5S. The molecule has 2 aromatic carbocycles. The largest absolute Gasteiger partial charge is 0.497 e. The normalized spacial score (nSPS) is 15.2. The molecule has 0 unspecified atom stereocenters. The van der Waals surface area contributed by atoms with E-state index in [1.807, 2.05) is 41.3 Å². The molecule has 182 valence electrons. The predicted octanol–water partition coefficient (Wildman–Crippen LogP) is 3.75. The minimum atomic E-state index is 0. The lowest BCUT2D eigenvalue weighted by Gasteiger charge is -2.27. The minimum Gasteiger partial charge on any atom is -0.497 e. The van der Waals surface area contributed by atoms with Crippen LogP contribution in [0.5, 0.6) is 17.2 Å². The average molecular weight is 506 g/mol. The molecule has 1 fully saturated rings. The number of rotatable bonds is 8. The van der Waals surface area contributed by atoms with Crippen molar-refractivity contribution in [2.75, 3.05) is 58.2 Å². The number of methoxy groups -OCH3 is 1. The molecule has 1 aromatic heterocycles. The van der Waals surface area contributed by atoms with Gasteiger partial charge >= 0.3 is 0 Å². The van der Waals surface area contributed by atoms with Gasteiger partial charge in [0, 0.05) is 32.2 Å². The van der Waals surface area contributed by atoms with E-state index in [0.717, 1.165) is 60.8 Å². The summed E-state index contributed by atoms with van der Waals surface area (Å²) in [6, 6.07) is 11.5. The molecule has 2 aliphatic heterocycles. The molecule has 34 heavy (non-hydrogen) atoms. The molecule has 2 aliphatic rings. The van der Waals surface area contributed by atoms with Crippen molar-refractivity contribution in [3.05, 3.63) is 42.0 Å². The van der Waals surface area contributed by atoms with E-state index in [-0.39, 0.29) is 31.5 Å². The first-order valence-electron chi connectivity index (χ1n) is 11.1. The van der Waals surface area contributed by atoms with Crippen molar-refractivity contribution in [1.82, 2.24) is 9.88 Å². The summed E-state index contributed by atoms with van der Waals surface area (Å²) in [7, 11) is 1.64. The van der Waals surface area contributed by atoms with Crippen LogP contribution in [0.25, 0.3) is 10.2 Å². The summed E-state index contributed by atoms with van der Waals surface area (Å²) in [6.45, 7) is 5.17. The van der Waals surface area contributed by atoms with Gasteiger partial charge in [0.1, 0.15) is 5.75 Å². The maximum absolute atomic E-state index is 13.5. The van der Waals surface area contributed by atoms with Crippen molar-refractivity contribution in [3.63, 3.8) is 0 Å². The Labute approximate surface area is 208 Å². The van der Waals surface area contributed by atoms with Crippen LogP contribution in [0, 0.1) is 0 Å². The number of fused-ring (bicyclic) bond motifs is 2. The zero-order chi connectivity index (χ0) is 22.6. The molecule has 3 aromatic rings. The Kier molecular flexibility index (Phi) is 8.10. The first kappa shape index (κ1) is 24.5. The Bertz CT molecular complexity index is 1130. The van der Waals surface area contributed by atoms with Gasteiger partial charge in [-0.3, -0.25) is 14.6 Å². The number of hydrogen-bond donors (Lipinski definition) is 0.